The van der Waals surface area contributed by atoms with Crippen molar-refractivity contribution < 1.29 is 9.59 Å². The Morgan fingerprint density at radius 1 is 0.667 bits per heavy atom. The van der Waals surface area contributed by atoms with Gasteiger partial charge in [-0.25, -0.2) is 14.7 Å². The summed E-state index contributed by atoms with van der Waals surface area (Å²) in [6.07, 6.45) is 4.61. The minimum atomic E-state index is -1.22. The van der Waals surface area contributed by atoms with Crippen LogP contribution < -0.4 is 0 Å². The van der Waals surface area contributed by atoms with Gasteiger partial charge in [-0.2, -0.15) is 0 Å². The molecular weight excluding hydrogens is 450 g/mol. The summed E-state index contributed by atoms with van der Waals surface area (Å²) in [5.74, 6) is -0.353. The van der Waals surface area contributed by atoms with Gasteiger partial charge in [0.1, 0.15) is 5.41 Å². The third kappa shape index (κ3) is 2.86. The number of hydrogen-bond acceptors (Lipinski definition) is 4. The van der Waals surface area contributed by atoms with Gasteiger partial charge < -0.3 is 0 Å². The molecule has 2 amide bonds. The van der Waals surface area contributed by atoms with Gasteiger partial charge in [0, 0.05) is 12.8 Å². The number of para-hydroxylation sites is 1. The molecular formula is C29H23N5O2. The average Bonchev–Trinajstić information content (AvgIpc) is 3.57. The Labute approximate surface area is 208 Å². The van der Waals surface area contributed by atoms with Gasteiger partial charge in [-0.15, -0.1) is 5.10 Å². The lowest BCUT2D eigenvalue weighted by Gasteiger charge is -2.41. The highest BCUT2D eigenvalue weighted by molar-refractivity contribution is 6.11. The highest BCUT2D eigenvalue weighted by Crippen LogP contribution is 2.51. The summed E-state index contributed by atoms with van der Waals surface area (Å²) in [6.45, 7) is 0. The molecule has 7 heteroatoms. The topological polar surface area (TPSA) is 71.3 Å². The van der Waals surface area contributed by atoms with Crippen LogP contribution in [0.4, 0.5) is 0 Å². The molecule has 3 aromatic carbocycles. The van der Waals surface area contributed by atoms with E-state index in [-0.39, 0.29) is 36.7 Å². The Morgan fingerprint density at radius 3 is 1.69 bits per heavy atom. The lowest BCUT2D eigenvalue weighted by atomic mass is 9.84. The lowest BCUT2D eigenvalue weighted by Crippen LogP contribution is -2.46. The molecule has 4 aromatic rings. The van der Waals surface area contributed by atoms with Gasteiger partial charge in [-0.05, 0) is 23.3 Å². The van der Waals surface area contributed by atoms with Crippen LogP contribution in [0.3, 0.4) is 0 Å². The Morgan fingerprint density at radius 2 is 1.17 bits per heavy atom. The van der Waals surface area contributed by atoms with Gasteiger partial charge in [0.25, 0.3) is 11.8 Å². The summed E-state index contributed by atoms with van der Waals surface area (Å²) in [6, 6.07) is 28.7. The normalized spacial score (nSPS) is 24.4. The van der Waals surface area contributed by atoms with Gasteiger partial charge >= 0.3 is 0 Å². The molecule has 1 fully saturated rings. The number of hydrazine groups is 1. The maximum absolute atomic E-state index is 14.3. The Kier molecular flexibility index (Phi) is 4.48. The highest BCUT2D eigenvalue weighted by atomic mass is 16.2. The number of fused-ring (bicyclic) bond motifs is 2. The number of amides is 2. The number of benzene rings is 3. The van der Waals surface area contributed by atoms with Crippen LogP contribution in [0.5, 0.6) is 0 Å². The fourth-order valence-corrected chi connectivity index (χ4v) is 5.79. The van der Waals surface area contributed by atoms with E-state index in [0.717, 1.165) is 22.5 Å². The summed E-state index contributed by atoms with van der Waals surface area (Å²) >= 11 is 0. The van der Waals surface area contributed by atoms with Crippen molar-refractivity contribution in [3.8, 4) is 5.69 Å². The summed E-state index contributed by atoms with van der Waals surface area (Å²) in [5.41, 5.74) is 3.11. The van der Waals surface area contributed by atoms with Crippen LogP contribution in [-0.2, 0) is 22.4 Å². The van der Waals surface area contributed by atoms with E-state index in [0.29, 0.717) is 5.69 Å². The second kappa shape index (κ2) is 7.75. The van der Waals surface area contributed by atoms with Crippen LogP contribution >= 0.6 is 0 Å². The third-order valence-electron chi connectivity index (χ3n) is 7.53. The molecule has 3 heterocycles. The van der Waals surface area contributed by atoms with Crippen molar-refractivity contribution in [1.29, 1.82) is 0 Å². The predicted molar refractivity (Wildman–Crippen MR) is 132 cm³/mol. The average molecular weight is 474 g/mol. The fourth-order valence-electron chi connectivity index (χ4n) is 5.79. The van der Waals surface area contributed by atoms with Crippen molar-refractivity contribution in [3.05, 3.63) is 126 Å². The van der Waals surface area contributed by atoms with Crippen LogP contribution in [-0.4, -0.2) is 36.8 Å². The van der Waals surface area contributed by atoms with Crippen LogP contribution in [0.15, 0.2) is 103 Å². The molecule has 1 aromatic heterocycles. The van der Waals surface area contributed by atoms with Crippen LogP contribution in [0.25, 0.3) is 5.69 Å². The van der Waals surface area contributed by atoms with Gasteiger partial charge in [-0.1, -0.05) is 96.2 Å². The maximum atomic E-state index is 14.3. The largest absolute Gasteiger partial charge is 0.272 e. The number of nitrogens with zero attached hydrogens (tertiary/aromatic N) is 5. The zero-order valence-corrected chi connectivity index (χ0v) is 19.4. The smallest absolute Gasteiger partial charge is 0.258 e. The number of carbonyl (C=O) groups is 2. The first-order valence-electron chi connectivity index (χ1n) is 12.1. The highest BCUT2D eigenvalue weighted by Gasteiger charge is 2.65. The summed E-state index contributed by atoms with van der Waals surface area (Å²) in [7, 11) is 0. The zero-order chi connectivity index (χ0) is 24.3. The van der Waals surface area contributed by atoms with Gasteiger partial charge in [0.15, 0.2) is 0 Å². The molecule has 1 unspecified atom stereocenters. The molecule has 36 heavy (non-hydrogen) atoms. The number of rotatable bonds is 3. The summed E-state index contributed by atoms with van der Waals surface area (Å²) in [5, 5.41) is 12.1. The maximum Gasteiger partial charge on any atom is 0.258 e. The Bertz CT molecular complexity index is 1430. The standard InChI is InChI=1S/C29H23N5O2/c35-27-29(18-23-26(19-29)32(31-30-23)22-14-8-3-9-15-22)28(36)34-25(21-12-6-2-7-13-21)17-16-24(33(27)34)20-10-4-1-5-11-20/h1-17,24-25H,18-19H2/t24-,25+,29?. The molecule has 1 saturated heterocycles. The van der Waals surface area contributed by atoms with Crippen molar-refractivity contribution >= 4 is 11.8 Å². The van der Waals surface area contributed by atoms with E-state index in [2.05, 4.69) is 10.3 Å². The lowest BCUT2D eigenvalue weighted by molar-refractivity contribution is -0.155. The van der Waals surface area contributed by atoms with E-state index in [4.69, 9.17) is 0 Å². The molecule has 1 aliphatic carbocycles. The second-order valence-corrected chi connectivity index (χ2v) is 9.56. The number of hydrogen-bond donors (Lipinski definition) is 0. The Hall–Kier alpha value is -4.52. The van der Waals surface area contributed by atoms with Crippen molar-refractivity contribution in [2.75, 3.05) is 0 Å². The molecule has 1 spiro atoms. The molecule has 176 valence electrons. The van der Waals surface area contributed by atoms with E-state index in [9.17, 15) is 9.59 Å². The number of carbonyl (C=O) groups excluding carboxylic acids is 2. The SMILES string of the molecule is O=C1N2[C@@H](c3ccccc3)C=C[C@@H](c3ccccc3)N2C(=O)C12Cc1nnn(-c3ccccc3)c1C2. The molecule has 0 radical (unpaired) electrons. The number of aromatic nitrogens is 3. The molecule has 0 saturated carbocycles. The predicted octanol–water partition coefficient (Wildman–Crippen LogP) is 3.99. The van der Waals surface area contributed by atoms with Crippen molar-refractivity contribution in [2.45, 2.75) is 24.9 Å². The molecule has 0 N–H and O–H groups in total. The van der Waals surface area contributed by atoms with E-state index in [1.165, 1.54) is 0 Å². The monoisotopic (exact) mass is 473 g/mol. The van der Waals surface area contributed by atoms with Crippen LogP contribution in [0.2, 0.25) is 0 Å². The van der Waals surface area contributed by atoms with Crippen molar-refractivity contribution in [3.63, 3.8) is 0 Å². The molecule has 7 rings (SSSR count). The van der Waals surface area contributed by atoms with Crippen molar-refractivity contribution in [1.82, 2.24) is 25.0 Å². The molecule has 3 aliphatic rings. The Balaban J connectivity index is 1.34. The van der Waals surface area contributed by atoms with Gasteiger partial charge in [0.05, 0.1) is 29.2 Å². The summed E-state index contributed by atoms with van der Waals surface area (Å²) in [4.78, 5) is 28.6. The van der Waals surface area contributed by atoms with Crippen molar-refractivity contribution in [2.24, 2.45) is 5.41 Å². The van der Waals surface area contributed by atoms with Crippen LogP contribution in [0.1, 0.15) is 34.6 Å². The first-order chi connectivity index (χ1) is 17.7. The van der Waals surface area contributed by atoms with E-state index in [1.54, 1.807) is 14.7 Å². The molecule has 3 atom stereocenters. The third-order valence-corrected chi connectivity index (χ3v) is 7.53. The molecule has 0 bridgehead atoms. The first kappa shape index (κ1) is 20.8. The summed E-state index contributed by atoms with van der Waals surface area (Å²) < 4.78 is 1.76. The second-order valence-electron chi connectivity index (χ2n) is 9.56. The minimum Gasteiger partial charge on any atom is -0.272 e. The fraction of sp³-hybridized carbons (Fsp3) is 0.172. The molecule has 7 nitrogen and oxygen atoms in total. The quantitative estimate of drug-likeness (QED) is 0.333. The van der Waals surface area contributed by atoms with Gasteiger partial charge in [-0.3, -0.25) is 9.59 Å². The van der Waals surface area contributed by atoms with E-state index < -0.39 is 5.41 Å². The van der Waals surface area contributed by atoms with E-state index >= 15 is 0 Å². The van der Waals surface area contributed by atoms with Gasteiger partial charge in [0.2, 0.25) is 0 Å². The zero-order valence-electron chi connectivity index (χ0n) is 19.4. The van der Waals surface area contributed by atoms with Crippen LogP contribution in [0, 0.1) is 5.41 Å². The first-order valence-corrected chi connectivity index (χ1v) is 12.1. The van der Waals surface area contributed by atoms with E-state index in [1.807, 2.05) is 103 Å². The minimum absolute atomic E-state index is 0.177. The molecule has 2 aliphatic heterocycles.